The van der Waals surface area contributed by atoms with Gasteiger partial charge in [-0.2, -0.15) is 0 Å². The van der Waals surface area contributed by atoms with Crippen LogP contribution in [-0.4, -0.2) is 59.8 Å². The lowest BCUT2D eigenvalue weighted by molar-refractivity contribution is 0.0649. The molecule has 0 aliphatic carbocycles. The second-order valence-electron chi connectivity index (χ2n) is 9.81. The summed E-state index contributed by atoms with van der Waals surface area (Å²) in [5.74, 6) is 1.49. The summed E-state index contributed by atoms with van der Waals surface area (Å²) in [6.07, 6.45) is 4.35. The third-order valence-electron chi connectivity index (χ3n) is 7.36. The third-order valence-corrected chi connectivity index (χ3v) is 7.62. The van der Waals surface area contributed by atoms with Gasteiger partial charge in [0.2, 0.25) is 6.79 Å². The first kappa shape index (κ1) is 25.3. The molecule has 7 heteroatoms. The maximum atomic E-state index is 13.8. The molecule has 0 atom stereocenters. The Balaban J connectivity index is 1.23. The summed E-state index contributed by atoms with van der Waals surface area (Å²) in [5.41, 5.74) is 5.61. The molecule has 0 bridgehead atoms. The zero-order valence-corrected chi connectivity index (χ0v) is 22.6. The van der Waals surface area contributed by atoms with Crippen molar-refractivity contribution >= 4 is 23.6 Å². The van der Waals surface area contributed by atoms with Crippen molar-refractivity contribution in [3.05, 3.63) is 107 Å². The molecule has 4 aromatic rings. The van der Waals surface area contributed by atoms with E-state index in [4.69, 9.17) is 21.1 Å². The van der Waals surface area contributed by atoms with Crippen LogP contribution in [0, 0.1) is 6.92 Å². The van der Waals surface area contributed by atoms with Crippen molar-refractivity contribution in [2.45, 2.75) is 6.92 Å². The van der Waals surface area contributed by atoms with Gasteiger partial charge in [0.15, 0.2) is 11.5 Å². The summed E-state index contributed by atoms with van der Waals surface area (Å²) in [7, 11) is 0. The number of aromatic nitrogens is 1. The number of nitrogens with zero attached hydrogens (tertiary/aromatic N) is 3. The fourth-order valence-corrected chi connectivity index (χ4v) is 5.35. The van der Waals surface area contributed by atoms with Crippen LogP contribution in [0.4, 0.5) is 0 Å². The van der Waals surface area contributed by atoms with Crippen molar-refractivity contribution in [3.63, 3.8) is 0 Å². The zero-order valence-electron chi connectivity index (χ0n) is 21.8. The standard InChI is InChI=1S/C32H30ClN3O3/c1-23-28(32(37)35-18-16-34(17-19-35)15-5-8-24-6-3-2-4-7-24)21-29(25-9-11-26(33)12-10-25)36(23)27-13-14-30-31(20-27)39-22-38-30/h2-14,20-21H,15-19,22H2,1H3/b8-5+. The Morgan fingerprint density at radius 2 is 1.64 bits per heavy atom. The van der Waals surface area contributed by atoms with E-state index in [1.54, 1.807) is 0 Å². The number of halogens is 1. The predicted molar refractivity (Wildman–Crippen MR) is 155 cm³/mol. The molecule has 0 N–H and O–H groups in total. The number of rotatable bonds is 6. The lowest BCUT2D eigenvalue weighted by Gasteiger charge is -2.34. The summed E-state index contributed by atoms with van der Waals surface area (Å²) < 4.78 is 13.3. The van der Waals surface area contributed by atoms with E-state index in [2.05, 4.69) is 33.8 Å². The van der Waals surface area contributed by atoms with Gasteiger partial charge in [0.05, 0.1) is 11.3 Å². The van der Waals surface area contributed by atoms with Gasteiger partial charge in [0.25, 0.3) is 5.91 Å². The number of piperazine rings is 1. The Morgan fingerprint density at radius 1 is 0.897 bits per heavy atom. The Hall–Kier alpha value is -4.00. The largest absolute Gasteiger partial charge is 0.454 e. The van der Waals surface area contributed by atoms with Crippen LogP contribution in [0.1, 0.15) is 21.6 Å². The molecule has 1 fully saturated rings. The van der Waals surface area contributed by atoms with Crippen molar-refractivity contribution in [1.29, 1.82) is 0 Å². The molecule has 6 nitrogen and oxygen atoms in total. The molecule has 3 aromatic carbocycles. The number of carbonyl (C=O) groups excluding carboxylic acids is 1. The molecule has 0 unspecified atom stereocenters. The number of fused-ring (bicyclic) bond motifs is 1. The molecule has 3 heterocycles. The molecular formula is C32H30ClN3O3. The maximum Gasteiger partial charge on any atom is 0.255 e. The van der Waals surface area contributed by atoms with Crippen LogP contribution in [0.5, 0.6) is 11.5 Å². The molecule has 2 aliphatic rings. The van der Waals surface area contributed by atoms with Crippen LogP contribution in [0.2, 0.25) is 5.02 Å². The summed E-state index contributed by atoms with van der Waals surface area (Å²) in [6.45, 7) is 6.17. The quantitative estimate of drug-likeness (QED) is 0.288. The van der Waals surface area contributed by atoms with E-state index < -0.39 is 0 Å². The van der Waals surface area contributed by atoms with Crippen LogP contribution < -0.4 is 9.47 Å². The fourth-order valence-electron chi connectivity index (χ4n) is 5.22. The van der Waals surface area contributed by atoms with Gasteiger partial charge >= 0.3 is 0 Å². The Kier molecular flexibility index (Phi) is 7.14. The molecule has 0 radical (unpaired) electrons. The van der Waals surface area contributed by atoms with Gasteiger partial charge in [0.1, 0.15) is 0 Å². The van der Waals surface area contributed by atoms with Crippen molar-refractivity contribution in [1.82, 2.24) is 14.4 Å². The van der Waals surface area contributed by atoms with E-state index in [1.807, 2.05) is 78.6 Å². The molecule has 39 heavy (non-hydrogen) atoms. The molecule has 1 aromatic heterocycles. The SMILES string of the molecule is Cc1c(C(=O)N2CCN(C/C=C/c3ccccc3)CC2)cc(-c2ccc(Cl)cc2)n1-c1ccc2c(c1)OCO2. The van der Waals surface area contributed by atoms with Crippen LogP contribution >= 0.6 is 11.6 Å². The summed E-state index contributed by atoms with van der Waals surface area (Å²) in [6, 6.07) is 25.9. The number of amides is 1. The summed E-state index contributed by atoms with van der Waals surface area (Å²) in [5, 5.41) is 0.671. The molecular weight excluding hydrogens is 510 g/mol. The summed E-state index contributed by atoms with van der Waals surface area (Å²) in [4.78, 5) is 18.2. The average Bonchev–Trinajstić information content (AvgIpc) is 3.58. The minimum atomic E-state index is 0.0571. The smallest absolute Gasteiger partial charge is 0.255 e. The van der Waals surface area contributed by atoms with Gasteiger partial charge in [-0.1, -0.05) is 66.2 Å². The molecule has 198 valence electrons. The van der Waals surface area contributed by atoms with E-state index in [1.165, 1.54) is 5.56 Å². The maximum absolute atomic E-state index is 13.8. The number of ether oxygens (including phenoxy) is 2. The molecule has 0 spiro atoms. The van der Waals surface area contributed by atoms with Gasteiger partial charge < -0.3 is 18.9 Å². The first-order chi connectivity index (χ1) is 19.1. The Morgan fingerprint density at radius 3 is 2.41 bits per heavy atom. The highest BCUT2D eigenvalue weighted by atomic mass is 35.5. The van der Waals surface area contributed by atoms with Crippen LogP contribution in [0.15, 0.2) is 84.9 Å². The predicted octanol–water partition coefficient (Wildman–Crippen LogP) is 6.31. The highest BCUT2D eigenvalue weighted by molar-refractivity contribution is 6.30. The monoisotopic (exact) mass is 539 g/mol. The highest BCUT2D eigenvalue weighted by Gasteiger charge is 2.27. The van der Waals surface area contributed by atoms with E-state index in [9.17, 15) is 4.79 Å². The Labute approximate surface area is 233 Å². The first-order valence-electron chi connectivity index (χ1n) is 13.2. The molecule has 2 aliphatic heterocycles. The van der Waals surface area contributed by atoms with Gasteiger partial charge in [-0.3, -0.25) is 9.69 Å². The van der Waals surface area contributed by atoms with Crippen LogP contribution in [0.25, 0.3) is 23.0 Å². The van der Waals surface area contributed by atoms with Crippen LogP contribution in [0.3, 0.4) is 0 Å². The molecule has 6 rings (SSSR count). The average molecular weight is 540 g/mol. The highest BCUT2D eigenvalue weighted by Crippen LogP contribution is 2.37. The summed E-state index contributed by atoms with van der Waals surface area (Å²) >= 11 is 6.18. The zero-order chi connectivity index (χ0) is 26.8. The second-order valence-corrected chi connectivity index (χ2v) is 10.3. The van der Waals surface area contributed by atoms with Crippen molar-refractivity contribution < 1.29 is 14.3 Å². The number of hydrogen-bond acceptors (Lipinski definition) is 4. The minimum absolute atomic E-state index is 0.0571. The molecule has 0 saturated carbocycles. The minimum Gasteiger partial charge on any atom is -0.454 e. The first-order valence-corrected chi connectivity index (χ1v) is 13.6. The van der Waals surface area contributed by atoms with E-state index in [0.29, 0.717) is 29.4 Å². The lowest BCUT2D eigenvalue weighted by Crippen LogP contribution is -2.48. The van der Waals surface area contributed by atoms with E-state index in [-0.39, 0.29) is 12.7 Å². The fraction of sp³-hybridized carbons (Fsp3) is 0.219. The molecule has 1 saturated heterocycles. The van der Waals surface area contributed by atoms with Gasteiger partial charge in [0, 0.05) is 55.2 Å². The van der Waals surface area contributed by atoms with Gasteiger partial charge in [-0.15, -0.1) is 0 Å². The number of benzene rings is 3. The van der Waals surface area contributed by atoms with Crippen molar-refractivity contribution in [2.24, 2.45) is 0 Å². The third kappa shape index (κ3) is 5.31. The van der Waals surface area contributed by atoms with Crippen molar-refractivity contribution in [3.8, 4) is 28.4 Å². The Bertz CT molecular complexity index is 1500. The normalized spacial score (nSPS) is 15.3. The lowest BCUT2D eigenvalue weighted by atomic mass is 10.1. The van der Waals surface area contributed by atoms with Gasteiger partial charge in [-0.25, -0.2) is 0 Å². The second kappa shape index (κ2) is 11.0. The van der Waals surface area contributed by atoms with E-state index in [0.717, 1.165) is 48.0 Å². The topological polar surface area (TPSA) is 46.9 Å². The number of carbonyl (C=O) groups is 1. The number of hydrogen-bond donors (Lipinski definition) is 0. The molecule has 1 amide bonds. The van der Waals surface area contributed by atoms with E-state index >= 15 is 0 Å². The van der Waals surface area contributed by atoms with Crippen LogP contribution in [-0.2, 0) is 0 Å². The van der Waals surface area contributed by atoms with Gasteiger partial charge in [-0.05, 0) is 48.4 Å². The van der Waals surface area contributed by atoms with Crippen molar-refractivity contribution in [2.75, 3.05) is 39.5 Å².